The van der Waals surface area contributed by atoms with E-state index >= 15 is 4.39 Å². The van der Waals surface area contributed by atoms with Crippen LogP contribution in [0.3, 0.4) is 0 Å². The Hall–Kier alpha value is -1.87. The van der Waals surface area contributed by atoms with Gasteiger partial charge in [0, 0.05) is 4.88 Å². The Morgan fingerprint density at radius 2 is 1.39 bits per heavy atom. The zero-order valence-corrected chi connectivity index (χ0v) is 23.1. The van der Waals surface area contributed by atoms with Crippen LogP contribution in [0, 0.1) is 23.6 Å². The zero-order valence-electron chi connectivity index (χ0n) is 22.2. The molecule has 1 aromatic heterocycles. The maximum Gasteiger partial charge on any atom is 0.182 e. The van der Waals surface area contributed by atoms with Gasteiger partial charge in [-0.1, -0.05) is 76.6 Å². The number of fused-ring (bicyclic) bond motifs is 1. The van der Waals surface area contributed by atoms with Crippen LogP contribution in [0.5, 0.6) is 5.75 Å². The summed E-state index contributed by atoms with van der Waals surface area (Å²) in [5.41, 5.74) is 2.66. The maximum absolute atomic E-state index is 15.4. The fourth-order valence-corrected chi connectivity index (χ4v) is 7.81. The van der Waals surface area contributed by atoms with Crippen LogP contribution in [0.4, 0.5) is 4.39 Å². The van der Waals surface area contributed by atoms with Crippen molar-refractivity contribution in [2.75, 3.05) is 6.61 Å². The Bertz CT molecular complexity index is 1100. The Morgan fingerprint density at radius 1 is 0.778 bits per heavy atom. The number of benzene rings is 2. The van der Waals surface area contributed by atoms with Gasteiger partial charge in [0.2, 0.25) is 0 Å². The molecule has 1 nitrogen and oxygen atoms in total. The Morgan fingerprint density at radius 3 is 2.03 bits per heavy atom. The summed E-state index contributed by atoms with van der Waals surface area (Å²) in [5.74, 6) is 3.32. The van der Waals surface area contributed by atoms with Crippen LogP contribution in [-0.2, 0) is 0 Å². The highest BCUT2D eigenvalue weighted by Gasteiger charge is 2.23. The summed E-state index contributed by atoms with van der Waals surface area (Å²) in [4.78, 5) is 1.13. The van der Waals surface area contributed by atoms with Gasteiger partial charge in [0.15, 0.2) is 11.6 Å². The second-order valence-electron chi connectivity index (χ2n) is 11.5. The number of hydrogen-bond donors (Lipinski definition) is 0. The van der Waals surface area contributed by atoms with Crippen molar-refractivity contribution in [2.45, 2.75) is 96.8 Å². The van der Waals surface area contributed by atoms with Gasteiger partial charge in [0.25, 0.3) is 0 Å². The first-order valence-electron chi connectivity index (χ1n) is 14.6. The molecule has 0 spiro atoms. The van der Waals surface area contributed by atoms with E-state index in [0.29, 0.717) is 28.9 Å². The number of ether oxygens (including phenoxy) is 1. The molecule has 0 saturated heterocycles. The topological polar surface area (TPSA) is 9.23 Å². The number of halogens is 1. The minimum absolute atomic E-state index is 0.191. The van der Waals surface area contributed by atoms with Crippen LogP contribution in [0.25, 0.3) is 20.5 Å². The molecule has 3 aromatic rings. The molecule has 194 valence electrons. The lowest BCUT2D eigenvalue weighted by Gasteiger charge is -2.28. The van der Waals surface area contributed by atoms with E-state index in [4.69, 9.17) is 4.74 Å². The predicted molar refractivity (Wildman–Crippen MR) is 153 cm³/mol. The van der Waals surface area contributed by atoms with Crippen LogP contribution in [0.1, 0.15) is 102 Å². The Kier molecular flexibility index (Phi) is 8.67. The highest BCUT2D eigenvalue weighted by molar-refractivity contribution is 7.22. The highest BCUT2D eigenvalue weighted by Crippen LogP contribution is 2.41. The molecule has 2 aromatic carbocycles. The molecule has 0 amide bonds. The molecule has 0 radical (unpaired) electrons. The van der Waals surface area contributed by atoms with Crippen molar-refractivity contribution in [3.8, 4) is 16.2 Å². The fraction of sp³-hybridized carbons (Fsp3) is 0.576. The van der Waals surface area contributed by atoms with Gasteiger partial charge in [-0.2, -0.15) is 0 Å². The minimum atomic E-state index is -0.191. The van der Waals surface area contributed by atoms with Crippen molar-refractivity contribution in [3.05, 3.63) is 53.8 Å². The molecule has 2 fully saturated rings. The molecule has 2 aliphatic carbocycles. The zero-order chi connectivity index (χ0) is 24.9. The first-order chi connectivity index (χ1) is 17.6. The largest absolute Gasteiger partial charge is 0.490 e. The van der Waals surface area contributed by atoms with Crippen molar-refractivity contribution < 1.29 is 9.13 Å². The first-order valence-corrected chi connectivity index (χ1v) is 15.4. The second-order valence-corrected chi connectivity index (χ2v) is 12.6. The van der Waals surface area contributed by atoms with Crippen molar-refractivity contribution in [1.82, 2.24) is 0 Å². The van der Waals surface area contributed by atoms with E-state index in [2.05, 4.69) is 44.2 Å². The molecule has 0 N–H and O–H groups in total. The highest BCUT2D eigenvalue weighted by atomic mass is 32.1. The van der Waals surface area contributed by atoms with E-state index in [1.54, 1.807) is 11.3 Å². The lowest BCUT2D eigenvalue weighted by Crippen LogP contribution is -2.20. The molecule has 2 saturated carbocycles. The van der Waals surface area contributed by atoms with Crippen molar-refractivity contribution in [1.29, 1.82) is 0 Å². The second kappa shape index (κ2) is 12.1. The van der Waals surface area contributed by atoms with Crippen molar-refractivity contribution in [2.24, 2.45) is 17.8 Å². The molecule has 5 rings (SSSR count). The smallest absolute Gasteiger partial charge is 0.182 e. The van der Waals surface area contributed by atoms with Gasteiger partial charge in [-0.15, -0.1) is 11.3 Å². The average molecular weight is 507 g/mol. The van der Waals surface area contributed by atoms with Crippen LogP contribution < -0.4 is 4.74 Å². The quantitative estimate of drug-likeness (QED) is 0.280. The number of hydrogen-bond acceptors (Lipinski definition) is 2. The monoisotopic (exact) mass is 506 g/mol. The van der Waals surface area contributed by atoms with E-state index in [1.165, 1.54) is 88.2 Å². The number of thiophene rings is 1. The normalized spacial score (nSPS) is 24.8. The summed E-state index contributed by atoms with van der Waals surface area (Å²) in [5, 5.41) is 0.971. The summed E-state index contributed by atoms with van der Waals surface area (Å²) in [6, 6.07) is 15.1. The summed E-state index contributed by atoms with van der Waals surface area (Å²) >= 11 is 1.55. The van der Waals surface area contributed by atoms with Gasteiger partial charge >= 0.3 is 0 Å². The van der Waals surface area contributed by atoms with E-state index in [1.807, 2.05) is 12.1 Å². The Labute approximate surface area is 221 Å². The molecule has 2 aliphatic rings. The molecule has 0 aliphatic heterocycles. The molecule has 0 bridgehead atoms. The van der Waals surface area contributed by atoms with E-state index in [0.717, 1.165) is 22.1 Å². The van der Waals surface area contributed by atoms with Crippen LogP contribution >= 0.6 is 11.3 Å². The van der Waals surface area contributed by atoms with Gasteiger partial charge in [-0.25, -0.2) is 4.39 Å². The van der Waals surface area contributed by atoms with Gasteiger partial charge in [0.1, 0.15) is 0 Å². The standard InChI is InChI=1S/C33H43FOS/c1-3-5-23-7-9-25(10-8-23)22-35-30-20-19-29-21-31(36-33(29)32(30)34)28-17-15-27(16-18-28)26-13-11-24(6-4-2)12-14-26/h15-21,23-26H,3-14,22H2,1-2H3. The third-order valence-corrected chi connectivity index (χ3v) is 10.1. The third kappa shape index (κ3) is 5.98. The predicted octanol–water partition coefficient (Wildman–Crippen LogP) is 10.8. The Balaban J connectivity index is 1.22. The van der Waals surface area contributed by atoms with E-state index in [9.17, 15) is 0 Å². The molecular formula is C33H43FOS. The maximum atomic E-state index is 15.4. The van der Waals surface area contributed by atoms with Gasteiger partial charge in [0.05, 0.1) is 11.3 Å². The van der Waals surface area contributed by atoms with Crippen molar-refractivity contribution >= 4 is 21.4 Å². The molecule has 1 heterocycles. The summed E-state index contributed by atoms with van der Waals surface area (Å²) < 4.78 is 22.1. The molecule has 0 unspecified atom stereocenters. The van der Waals surface area contributed by atoms with Crippen LogP contribution in [-0.4, -0.2) is 6.61 Å². The van der Waals surface area contributed by atoms with Crippen LogP contribution in [0.2, 0.25) is 0 Å². The third-order valence-electron chi connectivity index (χ3n) is 8.94. The summed E-state index contributed by atoms with van der Waals surface area (Å²) in [6.45, 7) is 5.22. The molecule has 36 heavy (non-hydrogen) atoms. The SMILES string of the molecule is CCCC1CCC(COc2ccc3cc(-c4ccc(C5CCC(CCC)CC5)cc4)sc3c2F)CC1. The average Bonchev–Trinajstić information content (AvgIpc) is 3.36. The molecule has 3 heteroatoms. The lowest BCUT2D eigenvalue weighted by molar-refractivity contribution is 0.175. The minimum Gasteiger partial charge on any atom is -0.490 e. The lowest BCUT2D eigenvalue weighted by atomic mass is 9.77. The van der Waals surface area contributed by atoms with E-state index < -0.39 is 0 Å². The summed E-state index contributed by atoms with van der Waals surface area (Å²) in [6.07, 6.45) is 15.8. The number of rotatable bonds is 9. The molecular weight excluding hydrogens is 463 g/mol. The van der Waals surface area contributed by atoms with Gasteiger partial charge < -0.3 is 4.74 Å². The van der Waals surface area contributed by atoms with Crippen molar-refractivity contribution in [3.63, 3.8) is 0 Å². The van der Waals surface area contributed by atoms with Gasteiger partial charge in [-0.3, -0.25) is 0 Å². The van der Waals surface area contributed by atoms with Crippen LogP contribution in [0.15, 0.2) is 42.5 Å². The van der Waals surface area contributed by atoms with Gasteiger partial charge in [-0.05, 0) is 96.9 Å². The first kappa shape index (κ1) is 25.8. The fourth-order valence-electron chi connectivity index (χ4n) is 6.72. The molecule has 0 atom stereocenters. The van der Waals surface area contributed by atoms with E-state index in [-0.39, 0.29) is 5.82 Å². The summed E-state index contributed by atoms with van der Waals surface area (Å²) in [7, 11) is 0.